The summed E-state index contributed by atoms with van der Waals surface area (Å²) in [5.74, 6) is -2.38. The van der Waals surface area contributed by atoms with Gasteiger partial charge >= 0.3 is 0 Å². The van der Waals surface area contributed by atoms with Gasteiger partial charge in [0, 0.05) is 5.56 Å². The molecule has 2 nitrogen and oxygen atoms in total. The van der Waals surface area contributed by atoms with Crippen molar-refractivity contribution in [3.8, 4) is 0 Å². The number of ether oxygens (including phenoxy) is 1. The molecule has 0 aliphatic rings. The molecular formula is C15H12F2O2. The molecule has 0 unspecified atom stereocenters. The smallest absolute Gasteiger partial charge is 0.188 e. The monoisotopic (exact) mass is 262 g/mol. The van der Waals surface area contributed by atoms with Crippen LogP contribution in [0.25, 0.3) is 0 Å². The Hall–Kier alpha value is -2.07. The number of ketones is 1. The Balaban J connectivity index is 1.89. The van der Waals surface area contributed by atoms with Gasteiger partial charge < -0.3 is 4.74 Å². The molecular weight excluding hydrogens is 250 g/mol. The van der Waals surface area contributed by atoms with Gasteiger partial charge in [-0.25, -0.2) is 8.78 Å². The predicted molar refractivity (Wildman–Crippen MR) is 66.8 cm³/mol. The molecule has 98 valence electrons. The van der Waals surface area contributed by atoms with Crippen molar-refractivity contribution in [3.63, 3.8) is 0 Å². The molecule has 2 aromatic carbocycles. The first-order chi connectivity index (χ1) is 9.16. The van der Waals surface area contributed by atoms with Crippen LogP contribution in [-0.4, -0.2) is 12.4 Å². The second kappa shape index (κ2) is 6.20. The highest BCUT2D eigenvalue weighted by Crippen LogP contribution is 2.10. The molecule has 0 aromatic heterocycles. The molecule has 0 N–H and O–H groups in total. The fraction of sp³-hybridized carbons (Fsp3) is 0.133. The Morgan fingerprint density at radius 2 is 1.74 bits per heavy atom. The summed E-state index contributed by atoms with van der Waals surface area (Å²) in [4.78, 5) is 11.7. The first-order valence-corrected chi connectivity index (χ1v) is 5.77. The Morgan fingerprint density at radius 3 is 2.42 bits per heavy atom. The maximum Gasteiger partial charge on any atom is 0.188 e. The molecule has 0 atom stereocenters. The highest BCUT2D eigenvalue weighted by atomic mass is 19.2. The molecule has 2 aromatic rings. The van der Waals surface area contributed by atoms with Crippen molar-refractivity contribution < 1.29 is 18.3 Å². The molecule has 0 radical (unpaired) electrons. The van der Waals surface area contributed by atoms with E-state index in [-0.39, 0.29) is 18.0 Å². The van der Waals surface area contributed by atoms with Gasteiger partial charge in [-0.05, 0) is 23.8 Å². The number of halogens is 2. The fourth-order valence-electron chi connectivity index (χ4n) is 1.59. The number of hydrogen-bond donors (Lipinski definition) is 0. The Kier molecular flexibility index (Phi) is 4.36. The summed E-state index contributed by atoms with van der Waals surface area (Å²) in [6.45, 7) is 0.135. The average Bonchev–Trinajstić information content (AvgIpc) is 2.43. The highest BCUT2D eigenvalue weighted by molar-refractivity contribution is 5.97. The fourth-order valence-corrected chi connectivity index (χ4v) is 1.59. The third kappa shape index (κ3) is 3.69. The second-order valence-electron chi connectivity index (χ2n) is 4.03. The second-order valence-corrected chi connectivity index (χ2v) is 4.03. The number of hydrogen-bond acceptors (Lipinski definition) is 2. The zero-order valence-electron chi connectivity index (χ0n) is 10.1. The molecule has 0 heterocycles. The van der Waals surface area contributed by atoms with Gasteiger partial charge in [0.05, 0.1) is 6.61 Å². The van der Waals surface area contributed by atoms with Crippen LogP contribution in [0.5, 0.6) is 0 Å². The molecule has 0 spiro atoms. The Bertz CT molecular complexity index is 568. The molecule has 2 rings (SSSR count). The van der Waals surface area contributed by atoms with Crippen LogP contribution >= 0.6 is 0 Å². The molecule has 0 saturated carbocycles. The molecule has 0 aliphatic heterocycles. The topological polar surface area (TPSA) is 26.3 Å². The van der Waals surface area contributed by atoms with Gasteiger partial charge in [-0.1, -0.05) is 30.3 Å². The van der Waals surface area contributed by atoms with Gasteiger partial charge in [0.25, 0.3) is 0 Å². The summed E-state index contributed by atoms with van der Waals surface area (Å²) in [5, 5.41) is 0. The zero-order chi connectivity index (χ0) is 13.7. The van der Waals surface area contributed by atoms with E-state index in [4.69, 9.17) is 4.74 Å². The van der Waals surface area contributed by atoms with E-state index in [1.165, 1.54) is 6.07 Å². The van der Waals surface area contributed by atoms with Gasteiger partial charge in [-0.15, -0.1) is 0 Å². The van der Waals surface area contributed by atoms with E-state index in [1.54, 1.807) is 0 Å². The van der Waals surface area contributed by atoms with Crippen LogP contribution in [-0.2, 0) is 11.3 Å². The maximum absolute atomic E-state index is 13.0. The Morgan fingerprint density at radius 1 is 1.00 bits per heavy atom. The van der Waals surface area contributed by atoms with E-state index in [1.807, 2.05) is 30.3 Å². The normalized spacial score (nSPS) is 10.4. The number of carbonyl (C=O) groups excluding carboxylic acids is 1. The van der Waals surface area contributed by atoms with Crippen molar-refractivity contribution in [2.75, 3.05) is 6.61 Å². The average molecular weight is 262 g/mol. The summed E-state index contributed by atoms with van der Waals surface area (Å²) in [7, 11) is 0. The van der Waals surface area contributed by atoms with Gasteiger partial charge in [-0.3, -0.25) is 4.79 Å². The van der Waals surface area contributed by atoms with E-state index in [2.05, 4.69) is 0 Å². The van der Waals surface area contributed by atoms with Gasteiger partial charge in [0.1, 0.15) is 6.61 Å². The Labute approximate surface area is 109 Å². The predicted octanol–water partition coefficient (Wildman–Crippen LogP) is 3.36. The molecule has 0 saturated heterocycles. The van der Waals surface area contributed by atoms with E-state index >= 15 is 0 Å². The largest absolute Gasteiger partial charge is 0.369 e. The SMILES string of the molecule is O=C(COCc1ccccc1)c1ccc(F)c(F)c1. The minimum Gasteiger partial charge on any atom is -0.369 e. The lowest BCUT2D eigenvalue weighted by Gasteiger charge is -2.04. The van der Waals surface area contributed by atoms with Crippen molar-refractivity contribution in [2.45, 2.75) is 6.61 Å². The minimum atomic E-state index is -1.03. The molecule has 0 aliphatic carbocycles. The summed E-state index contributed by atoms with van der Waals surface area (Å²) in [6.07, 6.45) is 0. The van der Waals surface area contributed by atoms with Crippen LogP contribution in [0.4, 0.5) is 8.78 Å². The summed E-state index contributed by atoms with van der Waals surface area (Å²) < 4.78 is 30.9. The van der Waals surface area contributed by atoms with E-state index in [0.717, 1.165) is 17.7 Å². The lowest BCUT2D eigenvalue weighted by molar-refractivity contribution is 0.0726. The van der Waals surface area contributed by atoms with Gasteiger partial charge in [0.2, 0.25) is 0 Å². The molecule has 0 fully saturated rings. The highest BCUT2D eigenvalue weighted by Gasteiger charge is 2.09. The molecule has 4 heteroatoms. The van der Waals surface area contributed by atoms with Crippen molar-refractivity contribution in [1.29, 1.82) is 0 Å². The van der Waals surface area contributed by atoms with Gasteiger partial charge in [0.15, 0.2) is 17.4 Å². The summed E-state index contributed by atoms with van der Waals surface area (Å²) in [6, 6.07) is 12.4. The first kappa shape index (κ1) is 13.4. The number of carbonyl (C=O) groups is 1. The van der Waals surface area contributed by atoms with Gasteiger partial charge in [-0.2, -0.15) is 0 Å². The number of rotatable bonds is 5. The number of benzene rings is 2. The molecule has 0 amide bonds. The van der Waals surface area contributed by atoms with Crippen LogP contribution in [0.1, 0.15) is 15.9 Å². The van der Waals surface area contributed by atoms with Crippen LogP contribution in [0.15, 0.2) is 48.5 Å². The number of Topliss-reactive ketones (excluding diaryl/α,β-unsaturated/α-hetero) is 1. The third-order valence-electron chi connectivity index (χ3n) is 2.59. The van der Waals surface area contributed by atoms with Crippen LogP contribution in [0.2, 0.25) is 0 Å². The van der Waals surface area contributed by atoms with Crippen molar-refractivity contribution in [2.24, 2.45) is 0 Å². The van der Waals surface area contributed by atoms with Crippen LogP contribution in [0, 0.1) is 11.6 Å². The minimum absolute atomic E-state index is 0.104. The van der Waals surface area contributed by atoms with E-state index in [9.17, 15) is 13.6 Å². The van der Waals surface area contributed by atoms with E-state index in [0.29, 0.717) is 6.61 Å². The first-order valence-electron chi connectivity index (χ1n) is 5.77. The molecule has 0 bridgehead atoms. The zero-order valence-corrected chi connectivity index (χ0v) is 10.1. The third-order valence-corrected chi connectivity index (χ3v) is 2.59. The summed E-state index contributed by atoms with van der Waals surface area (Å²) in [5.41, 5.74) is 1.05. The van der Waals surface area contributed by atoms with Crippen molar-refractivity contribution in [1.82, 2.24) is 0 Å². The van der Waals surface area contributed by atoms with E-state index < -0.39 is 11.6 Å². The van der Waals surface area contributed by atoms with Crippen LogP contribution < -0.4 is 0 Å². The lowest BCUT2D eigenvalue weighted by atomic mass is 10.1. The molecule has 19 heavy (non-hydrogen) atoms. The maximum atomic E-state index is 13.0. The summed E-state index contributed by atoms with van der Waals surface area (Å²) >= 11 is 0. The van der Waals surface area contributed by atoms with Crippen molar-refractivity contribution in [3.05, 3.63) is 71.3 Å². The standard InChI is InChI=1S/C15H12F2O2/c16-13-7-6-12(8-14(13)17)15(18)10-19-9-11-4-2-1-3-5-11/h1-8H,9-10H2. The van der Waals surface area contributed by atoms with Crippen LogP contribution in [0.3, 0.4) is 0 Å². The van der Waals surface area contributed by atoms with Crippen molar-refractivity contribution >= 4 is 5.78 Å². The quantitative estimate of drug-likeness (QED) is 0.772. The lowest BCUT2D eigenvalue weighted by Crippen LogP contribution is -2.09.